The number of rotatable bonds is 13. The summed E-state index contributed by atoms with van der Waals surface area (Å²) in [6.45, 7) is 1.31. The molecule has 3 N–H and O–H groups in total. The zero-order valence-corrected chi connectivity index (χ0v) is 50.8. The largest absolute Gasteiger partial charge is 0.411 e. The van der Waals surface area contributed by atoms with Crippen molar-refractivity contribution in [2.75, 3.05) is 39.0 Å². The summed E-state index contributed by atoms with van der Waals surface area (Å²) in [7, 11) is 0.922. The summed E-state index contributed by atoms with van der Waals surface area (Å²) in [5.41, 5.74) is -25.5. The molecule has 0 unspecified atom stereocenters. The van der Waals surface area contributed by atoms with Gasteiger partial charge in [0.25, 0.3) is 59.1 Å². The Labute approximate surface area is 553 Å². The lowest BCUT2D eigenvalue weighted by Crippen LogP contribution is -2.55. The first kappa shape index (κ1) is 66.7. The number of imide groups is 4. The maximum atomic E-state index is 16.1. The number of carbonyl (C=O) groups excluding carboxylic acids is 11. The standard InChI is InChI=1S/C70H40F12N6O12/c1-31-19-34(55(91)83-40-10-3-32(4-11-40)17-18-89)21-42(20-31)86-59(95)46-14-7-38(26-51(46)62(86)98)66(69(77,78)79,70(80,81)82)39-9-16-48-53(28-39)64(100)88(61(48)97)44-23-35(56(92)84-41-12-5-33-24-54(90)49(33)29-41)22-43(30-44)87-60(96)47-15-8-37(27-52(47)63(87)99)65(67(71,72)73,68(74,75)76)36-6-13-45-50(25-36)58(94)85(2)57(45)93/h3-16,19-23,25-30,89H,17-18,24H2,1-2H3,(H,83,91)(H,84,92). The molecule has 0 radical (unpaired) electrons. The van der Waals surface area contributed by atoms with E-state index in [1.165, 1.54) is 49.4 Å². The first-order valence-electron chi connectivity index (χ1n) is 29.5. The molecule has 30 heteroatoms. The number of hydrogen-bond acceptors (Lipinski definition) is 12. The van der Waals surface area contributed by atoms with Crippen molar-refractivity contribution in [2.45, 2.75) is 55.3 Å². The lowest BCUT2D eigenvalue weighted by Gasteiger charge is -2.38. The van der Waals surface area contributed by atoms with Crippen molar-refractivity contribution in [3.05, 3.63) is 252 Å². The molecule has 0 saturated carbocycles. The van der Waals surface area contributed by atoms with Gasteiger partial charge in [-0.3, -0.25) is 57.6 Å². The molecular formula is C70H40F12N6O12. The molecule has 18 nitrogen and oxygen atoms in total. The third kappa shape index (κ3) is 9.96. The van der Waals surface area contributed by atoms with Gasteiger partial charge in [-0.15, -0.1) is 0 Å². The molecule has 0 spiro atoms. The molecule has 8 aromatic carbocycles. The predicted octanol–water partition coefficient (Wildman–Crippen LogP) is 12.2. The summed E-state index contributed by atoms with van der Waals surface area (Å²) in [5.74, 6) is -13.9. The van der Waals surface area contributed by atoms with Crippen LogP contribution in [0.25, 0.3) is 0 Å². The lowest BCUT2D eigenvalue weighted by atomic mass is 9.71. The minimum atomic E-state index is -6.49. The number of anilines is 5. The first-order valence-corrected chi connectivity index (χ1v) is 29.5. The van der Waals surface area contributed by atoms with Gasteiger partial charge in [-0.2, -0.15) is 52.7 Å². The molecule has 0 aromatic heterocycles. The maximum absolute atomic E-state index is 16.1. The number of benzene rings is 8. The second-order valence-electron chi connectivity index (χ2n) is 23.9. The van der Waals surface area contributed by atoms with E-state index in [2.05, 4.69) is 10.6 Å². The van der Waals surface area contributed by atoms with Crippen LogP contribution in [-0.4, -0.2) is 113 Å². The summed E-state index contributed by atoms with van der Waals surface area (Å²) in [6, 6.07) is 19.4. The van der Waals surface area contributed by atoms with Gasteiger partial charge in [0, 0.05) is 48.1 Å². The Morgan fingerprint density at radius 2 is 0.730 bits per heavy atom. The fourth-order valence-electron chi connectivity index (χ4n) is 13.2. The van der Waals surface area contributed by atoms with Crippen LogP contribution in [-0.2, 0) is 23.7 Å². The van der Waals surface area contributed by atoms with Gasteiger partial charge in [0.1, 0.15) is 0 Å². The molecule has 1 aliphatic carbocycles. The second kappa shape index (κ2) is 22.8. The smallest absolute Gasteiger partial charge is 0.396 e. The molecule has 0 saturated heterocycles. The number of aliphatic hydroxyl groups is 1. The van der Waals surface area contributed by atoms with Gasteiger partial charge < -0.3 is 15.7 Å². The normalized spacial score (nSPS) is 15.4. The van der Waals surface area contributed by atoms with Crippen molar-refractivity contribution < 1.29 is 111 Å². The SMILES string of the molecule is Cc1cc(C(=O)Nc2ccc(CCO)cc2)cc(N2C(=O)c3ccc(C(c4ccc5c(c4)C(=O)N(c4cc(C(=O)Nc6ccc7c(c6)C(=O)C7)cc(N6C(=O)c7ccc(C(c8ccc9c(c8)C(=O)N(C)C9=O)(C(F)(F)F)C(F)(F)F)cc7C6=O)c4)C5=O)(C(F)(F)F)C(F)(F)F)cc3C2=O)c1. The Kier molecular flexibility index (Phi) is 15.2. The molecule has 8 aromatic rings. The van der Waals surface area contributed by atoms with Crippen LogP contribution < -0.4 is 25.3 Å². The minimum absolute atomic E-state index is 0.0386. The third-order valence-corrected chi connectivity index (χ3v) is 18.1. The zero-order valence-electron chi connectivity index (χ0n) is 50.8. The van der Waals surface area contributed by atoms with Crippen LogP contribution >= 0.6 is 0 Å². The van der Waals surface area contributed by atoms with Crippen molar-refractivity contribution in [2.24, 2.45) is 0 Å². The molecule has 4 aliphatic heterocycles. The molecule has 506 valence electrons. The van der Waals surface area contributed by atoms with E-state index in [0.29, 0.717) is 64.2 Å². The van der Waals surface area contributed by atoms with Crippen molar-refractivity contribution in [1.82, 2.24) is 4.90 Å². The monoisotopic (exact) mass is 1380 g/mol. The van der Waals surface area contributed by atoms with Crippen LogP contribution in [0.1, 0.15) is 153 Å². The van der Waals surface area contributed by atoms with Crippen molar-refractivity contribution >= 4 is 93.3 Å². The van der Waals surface area contributed by atoms with Crippen molar-refractivity contribution in [1.29, 1.82) is 0 Å². The van der Waals surface area contributed by atoms with E-state index in [0.717, 1.165) is 24.7 Å². The van der Waals surface area contributed by atoms with Crippen molar-refractivity contribution in [3.63, 3.8) is 0 Å². The van der Waals surface area contributed by atoms with E-state index in [9.17, 15) is 57.8 Å². The summed E-state index contributed by atoms with van der Waals surface area (Å²) >= 11 is 0. The van der Waals surface area contributed by atoms with Crippen LogP contribution in [0.5, 0.6) is 0 Å². The van der Waals surface area contributed by atoms with E-state index in [-0.39, 0.29) is 105 Å². The lowest BCUT2D eigenvalue weighted by molar-refractivity contribution is -0.290. The molecule has 5 aliphatic rings. The molecule has 10 amide bonds. The van der Waals surface area contributed by atoms with E-state index in [4.69, 9.17) is 0 Å². The van der Waals surface area contributed by atoms with Gasteiger partial charge in [-0.1, -0.05) is 42.5 Å². The Balaban J connectivity index is 0.871. The van der Waals surface area contributed by atoms with Crippen LogP contribution in [0.2, 0.25) is 0 Å². The number of halogens is 12. The summed E-state index contributed by atoms with van der Waals surface area (Å²) in [4.78, 5) is 154. The number of amides is 10. The topological polar surface area (TPSA) is 245 Å². The van der Waals surface area contributed by atoms with Gasteiger partial charge in [0.15, 0.2) is 5.78 Å². The summed E-state index contributed by atoms with van der Waals surface area (Å²) < 4.78 is 190. The minimum Gasteiger partial charge on any atom is -0.396 e. The highest BCUT2D eigenvalue weighted by Gasteiger charge is 2.74. The fourth-order valence-corrected chi connectivity index (χ4v) is 13.2. The average Bonchev–Trinajstić information content (AvgIpc) is 1.19. The predicted molar refractivity (Wildman–Crippen MR) is 327 cm³/mol. The fraction of sp³-hybridized carbons (Fsp3) is 0.157. The van der Waals surface area contributed by atoms with Gasteiger partial charge in [-0.25, -0.2) is 14.7 Å². The molecular weight excluding hydrogens is 1340 g/mol. The number of carbonyl (C=O) groups is 11. The Bertz CT molecular complexity index is 5070. The highest BCUT2D eigenvalue weighted by Crippen LogP contribution is 2.59. The Hall–Kier alpha value is -12.0. The van der Waals surface area contributed by atoms with Gasteiger partial charge in [0.05, 0.1) is 61.6 Å². The van der Waals surface area contributed by atoms with E-state index in [1.807, 2.05) is 0 Å². The molecule has 100 heavy (non-hydrogen) atoms. The number of nitrogens with one attached hydrogen (secondary N) is 2. The number of Topliss-reactive ketones (excluding diaryl/α,β-unsaturated/α-hetero) is 1. The summed E-state index contributed by atoms with van der Waals surface area (Å²) in [5, 5.41) is 14.3. The Morgan fingerprint density at radius 1 is 0.390 bits per heavy atom. The van der Waals surface area contributed by atoms with E-state index >= 15 is 52.7 Å². The molecule has 0 bridgehead atoms. The zero-order chi connectivity index (χ0) is 72.2. The second-order valence-corrected chi connectivity index (χ2v) is 23.9. The highest BCUT2D eigenvalue weighted by molar-refractivity contribution is 6.37. The van der Waals surface area contributed by atoms with Crippen molar-refractivity contribution in [3.8, 4) is 0 Å². The Morgan fingerprint density at radius 3 is 1.12 bits per heavy atom. The third-order valence-electron chi connectivity index (χ3n) is 18.1. The molecule has 13 rings (SSSR count). The number of ketones is 1. The average molecular weight is 1390 g/mol. The van der Waals surface area contributed by atoms with Crippen LogP contribution in [0.15, 0.2) is 152 Å². The number of fused-ring (bicyclic) bond motifs is 5. The molecule has 4 heterocycles. The van der Waals surface area contributed by atoms with Crippen LogP contribution in [0.3, 0.4) is 0 Å². The number of aliphatic hydroxyl groups excluding tert-OH is 1. The highest BCUT2D eigenvalue weighted by atomic mass is 19.4. The maximum Gasteiger partial charge on any atom is 0.411 e. The first-order chi connectivity index (χ1) is 46.9. The molecule has 0 atom stereocenters. The molecule has 0 fully saturated rings. The van der Waals surface area contributed by atoms with Gasteiger partial charge >= 0.3 is 24.7 Å². The number of alkyl halides is 12. The summed E-state index contributed by atoms with van der Waals surface area (Å²) in [6.07, 6.45) is -25.4. The van der Waals surface area contributed by atoms with Gasteiger partial charge in [0.2, 0.25) is 10.8 Å². The van der Waals surface area contributed by atoms with E-state index < -0.39 is 178 Å². The van der Waals surface area contributed by atoms with E-state index in [1.54, 1.807) is 12.1 Å². The number of nitrogens with zero attached hydrogens (tertiary/aromatic N) is 4. The quantitative estimate of drug-likeness (QED) is 0.0721. The number of hydrogen-bond donors (Lipinski definition) is 3. The van der Waals surface area contributed by atoms with Crippen LogP contribution in [0.4, 0.5) is 81.1 Å². The van der Waals surface area contributed by atoms with Crippen LogP contribution in [0, 0.1) is 6.92 Å². The van der Waals surface area contributed by atoms with Gasteiger partial charge in [-0.05, 0) is 161 Å². The number of aryl methyl sites for hydroxylation is 1.